The van der Waals surface area contributed by atoms with E-state index in [2.05, 4.69) is 21.4 Å². The van der Waals surface area contributed by atoms with Gasteiger partial charge in [0.1, 0.15) is 5.82 Å². The van der Waals surface area contributed by atoms with Crippen LogP contribution in [0.3, 0.4) is 0 Å². The highest BCUT2D eigenvalue weighted by molar-refractivity contribution is 9.10. The van der Waals surface area contributed by atoms with Crippen LogP contribution in [0.15, 0.2) is 40.9 Å². The molecule has 106 valence electrons. The van der Waals surface area contributed by atoms with E-state index in [4.69, 9.17) is 17.4 Å². The molecule has 0 heterocycles. The second-order valence-electron chi connectivity index (χ2n) is 4.66. The van der Waals surface area contributed by atoms with Gasteiger partial charge in [0.05, 0.1) is 6.04 Å². The Morgan fingerprint density at radius 2 is 2.05 bits per heavy atom. The molecule has 0 bridgehead atoms. The molecule has 1 unspecified atom stereocenters. The number of nitrogens with one attached hydrogen (secondary N) is 1. The quantitative estimate of drug-likeness (QED) is 0.632. The van der Waals surface area contributed by atoms with Crippen molar-refractivity contribution in [3.8, 4) is 0 Å². The molecule has 0 saturated heterocycles. The molecular formula is C15H15BrClFN2. The predicted molar refractivity (Wildman–Crippen MR) is 84.1 cm³/mol. The van der Waals surface area contributed by atoms with Gasteiger partial charge in [-0.25, -0.2) is 4.39 Å². The van der Waals surface area contributed by atoms with E-state index in [0.717, 1.165) is 15.6 Å². The van der Waals surface area contributed by atoms with Crippen molar-refractivity contribution in [3.63, 3.8) is 0 Å². The summed E-state index contributed by atoms with van der Waals surface area (Å²) >= 11 is 9.20. The molecule has 0 spiro atoms. The van der Waals surface area contributed by atoms with Gasteiger partial charge in [-0.05, 0) is 54.3 Å². The first kappa shape index (κ1) is 15.4. The standard InChI is InChI=1S/C15H15BrClFN2/c1-9-6-12(17)4-5-13(9)15(20-19)7-10-2-3-11(16)8-14(10)18/h2-6,8,15,20H,7,19H2,1H3. The topological polar surface area (TPSA) is 38.0 Å². The van der Waals surface area contributed by atoms with E-state index in [-0.39, 0.29) is 11.9 Å². The van der Waals surface area contributed by atoms with Crippen LogP contribution in [0.25, 0.3) is 0 Å². The van der Waals surface area contributed by atoms with Crippen LogP contribution in [0.1, 0.15) is 22.7 Å². The summed E-state index contributed by atoms with van der Waals surface area (Å²) < 4.78 is 14.6. The molecule has 2 rings (SSSR count). The summed E-state index contributed by atoms with van der Waals surface area (Å²) in [5.41, 5.74) is 5.40. The molecule has 2 aromatic rings. The molecule has 0 aliphatic rings. The fourth-order valence-electron chi connectivity index (χ4n) is 2.20. The lowest BCUT2D eigenvalue weighted by Gasteiger charge is -2.19. The second kappa shape index (κ2) is 6.68. The zero-order valence-electron chi connectivity index (χ0n) is 11.0. The van der Waals surface area contributed by atoms with E-state index in [1.807, 2.05) is 31.2 Å². The third-order valence-electron chi connectivity index (χ3n) is 3.25. The molecule has 0 aliphatic carbocycles. The highest BCUT2D eigenvalue weighted by Crippen LogP contribution is 2.25. The number of aryl methyl sites for hydroxylation is 1. The lowest BCUT2D eigenvalue weighted by Crippen LogP contribution is -2.30. The largest absolute Gasteiger partial charge is 0.271 e. The smallest absolute Gasteiger partial charge is 0.127 e. The van der Waals surface area contributed by atoms with Crippen LogP contribution in [-0.4, -0.2) is 0 Å². The molecule has 2 aromatic carbocycles. The Bertz CT molecular complexity index is 619. The second-order valence-corrected chi connectivity index (χ2v) is 6.01. The molecule has 3 N–H and O–H groups in total. The fourth-order valence-corrected chi connectivity index (χ4v) is 2.76. The van der Waals surface area contributed by atoms with Gasteiger partial charge in [0.15, 0.2) is 0 Å². The Kier molecular flexibility index (Phi) is 5.16. The summed E-state index contributed by atoms with van der Waals surface area (Å²) in [5, 5.41) is 0.678. The zero-order valence-corrected chi connectivity index (χ0v) is 13.3. The number of hydrogen-bond donors (Lipinski definition) is 2. The summed E-state index contributed by atoms with van der Waals surface area (Å²) in [7, 11) is 0. The summed E-state index contributed by atoms with van der Waals surface area (Å²) in [6.07, 6.45) is 0.470. The minimum absolute atomic E-state index is 0.164. The maximum atomic E-state index is 13.9. The van der Waals surface area contributed by atoms with Crippen molar-refractivity contribution in [2.75, 3.05) is 0 Å². The third-order valence-corrected chi connectivity index (χ3v) is 3.98. The molecule has 0 saturated carbocycles. The van der Waals surface area contributed by atoms with Crippen molar-refractivity contribution in [1.29, 1.82) is 0 Å². The number of nitrogens with two attached hydrogens (primary N) is 1. The van der Waals surface area contributed by atoms with Gasteiger partial charge in [0, 0.05) is 9.50 Å². The number of rotatable bonds is 4. The van der Waals surface area contributed by atoms with Crippen LogP contribution < -0.4 is 11.3 Å². The molecule has 20 heavy (non-hydrogen) atoms. The van der Waals surface area contributed by atoms with Gasteiger partial charge in [-0.1, -0.05) is 39.7 Å². The first-order valence-electron chi connectivity index (χ1n) is 6.17. The van der Waals surface area contributed by atoms with Crippen molar-refractivity contribution in [3.05, 3.63) is 68.4 Å². The maximum absolute atomic E-state index is 13.9. The van der Waals surface area contributed by atoms with Crippen LogP contribution in [0, 0.1) is 12.7 Å². The molecule has 0 aromatic heterocycles. The lowest BCUT2D eigenvalue weighted by atomic mass is 9.95. The van der Waals surface area contributed by atoms with Crippen molar-refractivity contribution in [2.24, 2.45) is 5.84 Å². The molecule has 0 fully saturated rings. The first-order valence-corrected chi connectivity index (χ1v) is 7.34. The normalized spacial score (nSPS) is 12.4. The van der Waals surface area contributed by atoms with Crippen molar-refractivity contribution >= 4 is 27.5 Å². The van der Waals surface area contributed by atoms with Crippen LogP contribution >= 0.6 is 27.5 Å². The Morgan fingerprint density at radius 3 is 2.65 bits per heavy atom. The van der Waals surface area contributed by atoms with Gasteiger partial charge >= 0.3 is 0 Å². The van der Waals surface area contributed by atoms with Crippen LogP contribution in [-0.2, 0) is 6.42 Å². The average Bonchev–Trinajstić information content (AvgIpc) is 2.39. The molecule has 2 nitrogen and oxygen atoms in total. The van der Waals surface area contributed by atoms with E-state index in [9.17, 15) is 4.39 Å². The molecule has 0 amide bonds. The predicted octanol–water partition coefficient (Wildman–Crippen LogP) is 4.30. The molecule has 0 aliphatic heterocycles. The van der Waals surface area contributed by atoms with Crippen LogP contribution in [0.2, 0.25) is 5.02 Å². The minimum Gasteiger partial charge on any atom is -0.271 e. The summed E-state index contributed by atoms with van der Waals surface area (Å²) in [6, 6.07) is 10.5. The molecule has 1 atom stereocenters. The Labute approximate surface area is 131 Å². The van der Waals surface area contributed by atoms with E-state index < -0.39 is 0 Å². The number of hydrogen-bond acceptors (Lipinski definition) is 2. The molecular weight excluding hydrogens is 343 g/mol. The third kappa shape index (κ3) is 3.58. The van der Waals surface area contributed by atoms with Crippen molar-refractivity contribution in [1.82, 2.24) is 5.43 Å². The van der Waals surface area contributed by atoms with Gasteiger partial charge in [-0.15, -0.1) is 0 Å². The molecule has 0 radical (unpaired) electrons. The number of halogens is 3. The summed E-state index contributed by atoms with van der Waals surface area (Å²) in [6.45, 7) is 1.96. The van der Waals surface area contributed by atoms with Crippen LogP contribution in [0.5, 0.6) is 0 Å². The lowest BCUT2D eigenvalue weighted by molar-refractivity contribution is 0.527. The van der Waals surface area contributed by atoms with Gasteiger partial charge in [-0.3, -0.25) is 11.3 Å². The Morgan fingerprint density at radius 1 is 1.30 bits per heavy atom. The van der Waals surface area contributed by atoms with Crippen LogP contribution in [0.4, 0.5) is 4.39 Å². The zero-order chi connectivity index (χ0) is 14.7. The average molecular weight is 358 g/mol. The van der Waals surface area contributed by atoms with Crippen molar-refractivity contribution in [2.45, 2.75) is 19.4 Å². The highest BCUT2D eigenvalue weighted by Gasteiger charge is 2.15. The number of benzene rings is 2. The van der Waals surface area contributed by atoms with Gasteiger partial charge in [0.25, 0.3) is 0 Å². The van der Waals surface area contributed by atoms with E-state index in [1.54, 1.807) is 6.07 Å². The Balaban J connectivity index is 2.28. The maximum Gasteiger partial charge on any atom is 0.127 e. The summed E-state index contributed by atoms with van der Waals surface area (Å²) in [5.74, 6) is 5.38. The fraction of sp³-hybridized carbons (Fsp3) is 0.200. The number of hydrazine groups is 1. The SMILES string of the molecule is Cc1cc(Cl)ccc1C(Cc1ccc(Br)cc1F)NN. The minimum atomic E-state index is -0.244. The molecule has 5 heteroatoms. The summed E-state index contributed by atoms with van der Waals surface area (Å²) in [4.78, 5) is 0. The van der Waals surface area contributed by atoms with Gasteiger partial charge in [-0.2, -0.15) is 0 Å². The first-order chi connectivity index (χ1) is 9.51. The van der Waals surface area contributed by atoms with E-state index >= 15 is 0 Å². The van der Waals surface area contributed by atoms with E-state index in [0.29, 0.717) is 17.0 Å². The van der Waals surface area contributed by atoms with Gasteiger partial charge in [0.2, 0.25) is 0 Å². The van der Waals surface area contributed by atoms with Crippen molar-refractivity contribution < 1.29 is 4.39 Å². The highest BCUT2D eigenvalue weighted by atomic mass is 79.9. The van der Waals surface area contributed by atoms with Gasteiger partial charge < -0.3 is 0 Å². The Hall–Kier alpha value is -0.940. The monoisotopic (exact) mass is 356 g/mol. The van der Waals surface area contributed by atoms with E-state index in [1.165, 1.54) is 6.07 Å².